The molecule has 2 aromatic rings. The molecule has 0 bridgehead atoms. The summed E-state index contributed by atoms with van der Waals surface area (Å²) < 4.78 is 13.9. The van der Waals surface area contributed by atoms with E-state index in [0.29, 0.717) is 5.56 Å². The first-order chi connectivity index (χ1) is 13.4. The molecular formula is C20H19I3NO4+. The van der Waals surface area contributed by atoms with E-state index in [-0.39, 0.29) is 0 Å². The molecule has 3 rings (SSSR count). The van der Waals surface area contributed by atoms with Gasteiger partial charge in [-0.05, 0) is 85.5 Å². The second-order valence-corrected chi connectivity index (χ2v) is 10.0. The Morgan fingerprint density at radius 3 is 2.39 bits per heavy atom. The molecule has 0 saturated carbocycles. The van der Waals surface area contributed by atoms with Gasteiger partial charge in [0.05, 0.1) is 18.7 Å². The second kappa shape index (κ2) is 10.0. The summed E-state index contributed by atoms with van der Waals surface area (Å²) in [5.74, 6) is -1.03. The third-order valence-electron chi connectivity index (χ3n) is 4.65. The van der Waals surface area contributed by atoms with Crippen molar-refractivity contribution < 1.29 is 24.4 Å². The maximum Gasteiger partial charge on any atom is 0.345 e. The van der Waals surface area contributed by atoms with Crippen LogP contribution in [0.2, 0.25) is 0 Å². The molecule has 1 aliphatic heterocycles. The number of ether oxygens (including phenoxy) is 2. The largest absolute Gasteiger partial charge is 0.451 e. The van der Waals surface area contributed by atoms with Gasteiger partial charge < -0.3 is 14.8 Å². The number of rotatable bonds is 5. The number of esters is 2. The van der Waals surface area contributed by atoms with E-state index in [2.05, 4.69) is 73.1 Å². The van der Waals surface area contributed by atoms with Crippen LogP contribution in [-0.4, -0.2) is 31.6 Å². The number of piperidine rings is 1. The third kappa shape index (κ3) is 5.36. The molecule has 0 radical (unpaired) electrons. The smallest absolute Gasteiger partial charge is 0.345 e. The lowest BCUT2D eigenvalue weighted by Crippen LogP contribution is -2.87. The number of carbonyl (C=O) groups excluding carboxylic acids is 2. The zero-order chi connectivity index (χ0) is 20.1. The van der Waals surface area contributed by atoms with Crippen molar-refractivity contribution in [2.24, 2.45) is 0 Å². The molecule has 2 N–H and O–H groups in total. The fraction of sp³-hybridized carbons (Fsp3) is 0.300. The molecule has 5 nitrogen and oxygen atoms in total. The van der Waals surface area contributed by atoms with E-state index in [0.717, 1.165) is 42.2 Å². The zero-order valence-electron chi connectivity index (χ0n) is 14.9. The minimum absolute atomic E-state index is 0.394. The average Bonchev–Trinajstić information content (AvgIpc) is 2.70. The van der Waals surface area contributed by atoms with E-state index in [1.54, 1.807) is 6.07 Å². The minimum atomic E-state index is -0.647. The maximum atomic E-state index is 12.5. The van der Waals surface area contributed by atoms with Crippen LogP contribution in [0.1, 0.15) is 28.8 Å². The molecule has 28 heavy (non-hydrogen) atoms. The first-order valence-electron chi connectivity index (χ1n) is 8.82. The van der Waals surface area contributed by atoms with Crippen molar-refractivity contribution in [2.75, 3.05) is 19.7 Å². The van der Waals surface area contributed by atoms with Crippen LogP contribution in [0, 0.1) is 10.7 Å². The molecule has 0 unspecified atom stereocenters. The molecule has 0 spiro atoms. The van der Waals surface area contributed by atoms with E-state index in [1.165, 1.54) is 0 Å². The monoisotopic (exact) mass is 718 g/mol. The van der Waals surface area contributed by atoms with E-state index >= 15 is 0 Å². The van der Waals surface area contributed by atoms with Crippen molar-refractivity contribution in [1.82, 2.24) is 0 Å². The van der Waals surface area contributed by atoms with Gasteiger partial charge in [0.2, 0.25) is 0 Å². The highest BCUT2D eigenvalue weighted by Crippen LogP contribution is 2.33. The van der Waals surface area contributed by atoms with Gasteiger partial charge >= 0.3 is 11.9 Å². The first kappa shape index (κ1) is 22.2. The summed E-state index contributed by atoms with van der Waals surface area (Å²) in [6.45, 7) is 1.39. The van der Waals surface area contributed by atoms with Crippen LogP contribution in [0.15, 0.2) is 42.5 Å². The molecule has 148 valence electrons. The van der Waals surface area contributed by atoms with Crippen LogP contribution in [-0.2, 0) is 19.9 Å². The van der Waals surface area contributed by atoms with Crippen LogP contribution in [0.25, 0.3) is 0 Å². The lowest BCUT2D eigenvalue weighted by molar-refractivity contribution is -0.668. The van der Waals surface area contributed by atoms with Gasteiger partial charge in [-0.3, -0.25) is 0 Å². The number of nitrogens with two attached hydrogens (primary N) is 1. The van der Waals surface area contributed by atoms with E-state index in [1.807, 2.05) is 36.4 Å². The van der Waals surface area contributed by atoms with E-state index in [9.17, 15) is 9.59 Å². The Morgan fingerprint density at radius 1 is 1.04 bits per heavy atom. The lowest BCUT2D eigenvalue weighted by Gasteiger charge is -2.35. The quantitative estimate of drug-likeness (QED) is 0.293. The molecule has 0 aromatic heterocycles. The van der Waals surface area contributed by atoms with Crippen LogP contribution in [0.3, 0.4) is 0 Å². The van der Waals surface area contributed by atoms with Gasteiger partial charge in [-0.2, -0.15) is 0 Å². The summed E-state index contributed by atoms with van der Waals surface area (Å²) in [7, 11) is 0. The van der Waals surface area contributed by atoms with Gasteiger partial charge in [0, 0.05) is 23.6 Å². The Bertz CT molecular complexity index is 867. The van der Waals surface area contributed by atoms with Gasteiger partial charge in [-0.1, -0.05) is 30.3 Å². The van der Waals surface area contributed by atoms with Crippen molar-refractivity contribution >= 4 is 79.7 Å². The standard InChI is InChI=1S/C20H18I3NO4/c21-14-10-15(18(23)16(22)11-14)19(26)27-12-17(25)28-20(6-8-24-9-7-20)13-4-2-1-3-5-13/h1-5,10-11,24H,6-9,12H2/p+1. The highest BCUT2D eigenvalue weighted by atomic mass is 127. The Hall–Kier alpha value is -0.470. The fourth-order valence-corrected chi connectivity index (χ4v) is 5.66. The minimum Gasteiger partial charge on any atom is -0.451 e. The SMILES string of the molecule is O=C(COC(=O)c1cc(I)cc(I)c1I)OC1(c2ccccc2)CC[NH2+]CC1. The zero-order valence-corrected chi connectivity index (χ0v) is 21.4. The van der Waals surface area contributed by atoms with Crippen LogP contribution in [0.5, 0.6) is 0 Å². The highest BCUT2D eigenvalue weighted by Gasteiger charge is 2.39. The molecule has 0 amide bonds. The summed E-state index contributed by atoms with van der Waals surface area (Å²) in [5.41, 5.74) is 0.810. The number of carbonyl (C=O) groups is 2. The van der Waals surface area contributed by atoms with Crippen LogP contribution >= 0.6 is 67.8 Å². The summed E-state index contributed by atoms with van der Waals surface area (Å²) in [5, 5.41) is 2.22. The van der Waals surface area contributed by atoms with Crippen molar-refractivity contribution in [3.63, 3.8) is 0 Å². The number of quaternary nitrogens is 1. The maximum absolute atomic E-state index is 12.5. The fourth-order valence-electron chi connectivity index (χ4n) is 3.29. The molecule has 0 aliphatic carbocycles. The molecule has 0 atom stereocenters. The molecule has 1 heterocycles. The van der Waals surface area contributed by atoms with Gasteiger partial charge in [-0.25, -0.2) is 9.59 Å². The van der Waals surface area contributed by atoms with Crippen molar-refractivity contribution in [2.45, 2.75) is 18.4 Å². The third-order valence-corrected chi connectivity index (χ3v) is 8.32. The molecule has 1 aliphatic rings. The van der Waals surface area contributed by atoms with Crippen molar-refractivity contribution in [3.8, 4) is 0 Å². The average molecular weight is 718 g/mol. The van der Waals surface area contributed by atoms with Crippen LogP contribution < -0.4 is 5.32 Å². The Labute approximate surface area is 204 Å². The topological polar surface area (TPSA) is 69.2 Å². The normalized spacial score (nSPS) is 15.7. The van der Waals surface area contributed by atoms with Gasteiger partial charge in [0.15, 0.2) is 6.61 Å². The predicted molar refractivity (Wildman–Crippen MR) is 130 cm³/mol. The second-order valence-electron chi connectivity index (χ2n) is 6.53. The molecule has 2 aromatic carbocycles. The Kier molecular flexibility index (Phi) is 7.96. The molecule has 1 fully saturated rings. The number of hydrogen-bond donors (Lipinski definition) is 1. The Balaban J connectivity index is 1.68. The van der Waals surface area contributed by atoms with Crippen LogP contribution in [0.4, 0.5) is 0 Å². The molecule has 1 saturated heterocycles. The van der Waals surface area contributed by atoms with E-state index < -0.39 is 24.1 Å². The van der Waals surface area contributed by atoms with Gasteiger partial charge in [0.25, 0.3) is 0 Å². The number of benzene rings is 2. The molecule has 8 heteroatoms. The summed E-state index contributed by atoms with van der Waals surface area (Å²) in [4.78, 5) is 25.0. The summed E-state index contributed by atoms with van der Waals surface area (Å²) in [6, 6.07) is 13.6. The van der Waals surface area contributed by atoms with Crippen molar-refractivity contribution in [1.29, 1.82) is 0 Å². The Morgan fingerprint density at radius 2 is 1.71 bits per heavy atom. The lowest BCUT2D eigenvalue weighted by atomic mass is 9.85. The number of hydrogen-bond acceptors (Lipinski definition) is 4. The van der Waals surface area contributed by atoms with Gasteiger partial charge in [0.1, 0.15) is 5.60 Å². The molecular weight excluding hydrogens is 699 g/mol. The van der Waals surface area contributed by atoms with Gasteiger partial charge in [-0.15, -0.1) is 0 Å². The van der Waals surface area contributed by atoms with Crippen molar-refractivity contribution in [3.05, 3.63) is 64.3 Å². The first-order valence-corrected chi connectivity index (χ1v) is 12.1. The van der Waals surface area contributed by atoms with E-state index in [4.69, 9.17) is 9.47 Å². The number of halogens is 3. The predicted octanol–water partition coefficient (Wildman–Crippen LogP) is 3.45. The summed E-state index contributed by atoms with van der Waals surface area (Å²) >= 11 is 6.46. The summed E-state index contributed by atoms with van der Waals surface area (Å²) in [6.07, 6.45) is 1.48. The highest BCUT2D eigenvalue weighted by molar-refractivity contribution is 14.1.